The second-order valence-corrected chi connectivity index (χ2v) is 5.67. The number of non-ortho nitro benzene ring substituents is 2. The molecule has 25 heavy (non-hydrogen) atoms. The predicted molar refractivity (Wildman–Crippen MR) is 90.5 cm³/mol. The molecule has 0 saturated carbocycles. The Morgan fingerprint density at radius 1 is 0.760 bits per heavy atom. The van der Waals surface area contributed by atoms with Gasteiger partial charge in [-0.3, -0.25) is 20.2 Å². The fraction of sp³-hybridized carbons (Fsp3) is 0. The zero-order chi connectivity index (χ0) is 18.0. The molecule has 0 amide bonds. The van der Waals surface area contributed by atoms with Crippen LogP contribution in [0.15, 0.2) is 57.3 Å². The van der Waals surface area contributed by atoms with Gasteiger partial charge >= 0.3 is 0 Å². The van der Waals surface area contributed by atoms with Gasteiger partial charge in [0.25, 0.3) is 22.5 Å². The highest BCUT2D eigenvalue weighted by Crippen LogP contribution is 2.16. The van der Waals surface area contributed by atoms with E-state index in [1.807, 2.05) is 0 Å². The summed E-state index contributed by atoms with van der Waals surface area (Å²) in [5, 5.41) is 24.3. The van der Waals surface area contributed by atoms with Crippen molar-refractivity contribution in [2.75, 3.05) is 0 Å². The Morgan fingerprint density at radius 3 is 1.44 bits per heavy atom. The van der Waals surface area contributed by atoms with Gasteiger partial charge in [0.05, 0.1) is 9.85 Å². The molecule has 11 heteroatoms. The first kappa shape index (κ1) is 16.4. The van der Waals surface area contributed by atoms with Gasteiger partial charge < -0.3 is 5.32 Å². The second-order valence-electron chi connectivity index (χ2n) is 4.84. The Labute approximate surface area is 143 Å². The van der Waals surface area contributed by atoms with Crippen molar-refractivity contribution < 1.29 is 14.1 Å². The molecule has 1 aliphatic heterocycles. The van der Waals surface area contributed by atoms with Gasteiger partial charge in [-0.05, 0) is 24.3 Å². The quantitative estimate of drug-likeness (QED) is 0.653. The highest BCUT2D eigenvalue weighted by molar-refractivity contribution is 7.82. The fourth-order valence-corrected chi connectivity index (χ4v) is 2.72. The molecule has 0 atom stereocenters. The van der Waals surface area contributed by atoms with E-state index in [0.29, 0.717) is 11.1 Å². The molecule has 0 fully saturated rings. The van der Waals surface area contributed by atoms with Gasteiger partial charge in [0.1, 0.15) is 0 Å². The van der Waals surface area contributed by atoms with Gasteiger partial charge in [0.15, 0.2) is 11.7 Å². The molecular weight excluding hydrogens is 350 g/mol. The van der Waals surface area contributed by atoms with Crippen LogP contribution in [0.3, 0.4) is 0 Å². The van der Waals surface area contributed by atoms with Crippen molar-refractivity contribution in [3.05, 3.63) is 79.9 Å². The summed E-state index contributed by atoms with van der Waals surface area (Å²) in [6, 6.07) is 11.1. The summed E-state index contributed by atoms with van der Waals surface area (Å²) < 4.78 is 19.6. The lowest BCUT2D eigenvalue weighted by Gasteiger charge is -2.15. The van der Waals surface area contributed by atoms with Crippen LogP contribution in [0.5, 0.6) is 0 Å². The molecule has 0 aromatic heterocycles. The first-order chi connectivity index (χ1) is 11.9. The standard InChI is InChI=1S/C14H9N5O5S/c20-18(21)11-5-1-9(2-6-11)13-15-14(17-25(24)16-13)10-3-7-12(8-4-10)19(22)23/h1-8H,(H,15,16,17). The third-order valence-electron chi connectivity index (χ3n) is 3.28. The average Bonchev–Trinajstić information content (AvgIpc) is 2.61. The van der Waals surface area contributed by atoms with Crippen molar-refractivity contribution >= 4 is 34.2 Å². The highest BCUT2D eigenvalue weighted by Gasteiger charge is 2.18. The molecule has 1 N–H and O–H groups in total. The van der Waals surface area contributed by atoms with Crippen LogP contribution in [0.2, 0.25) is 0 Å². The Bertz CT molecular complexity index is 862. The summed E-state index contributed by atoms with van der Waals surface area (Å²) in [6.07, 6.45) is 0. The maximum Gasteiger partial charge on any atom is 0.269 e. The van der Waals surface area contributed by atoms with E-state index in [0.717, 1.165) is 0 Å². The van der Waals surface area contributed by atoms with E-state index in [9.17, 15) is 24.4 Å². The monoisotopic (exact) mass is 359 g/mol. The van der Waals surface area contributed by atoms with Gasteiger partial charge in [-0.25, -0.2) is 4.21 Å². The van der Waals surface area contributed by atoms with Crippen LogP contribution < -0.4 is 5.32 Å². The fourth-order valence-electron chi connectivity index (χ4n) is 2.07. The first-order valence-corrected chi connectivity index (χ1v) is 7.86. The SMILES string of the molecule is O=[N+]([O-])c1ccc(C2=NS(=O)N=C(c3ccc([N+](=O)[O-])cc3)N2)cc1. The summed E-state index contributed by atoms with van der Waals surface area (Å²) >= 11 is -1.88. The first-order valence-electron chi connectivity index (χ1n) is 6.80. The van der Waals surface area contributed by atoms with Crippen molar-refractivity contribution in [3.63, 3.8) is 0 Å². The van der Waals surface area contributed by atoms with Crippen LogP contribution >= 0.6 is 0 Å². The largest absolute Gasteiger partial charge is 0.323 e. The van der Waals surface area contributed by atoms with Crippen molar-refractivity contribution in [3.8, 4) is 0 Å². The van der Waals surface area contributed by atoms with Crippen LogP contribution in [-0.4, -0.2) is 25.7 Å². The topological polar surface area (TPSA) is 140 Å². The van der Waals surface area contributed by atoms with Gasteiger partial charge in [-0.2, -0.15) is 0 Å². The number of nitrogens with zero attached hydrogens (tertiary/aromatic N) is 4. The zero-order valence-corrected chi connectivity index (χ0v) is 13.2. The number of amidine groups is 2. The molecule has 0 aliphatic carbocycles. The van der Waals surface area contributed by atoms with Crippen molar-refractivity contribution in [1.82, 2.24) is 5.32 Å². The minimum absolute atomic E-state index is 0.0782. The van der Waals surface area contributed by atoms with E-state index in [4.69, 9.17) is 0 Å². The van der Waals surface area contributed by atoms with Gasteiger partial charge in [0.2, 0.25) is 0 Å². The normalized spacial score (nSPS) is 14.2. The number of hydrogen-bond acceptors (Lipinski definition) is 6. The summed E-state index contributed by atoms with van der Waals surface area (Å²) in [4.78, 5) is 20.3. The van der Waals surface area contributed by atoms with Gasteiger partial charge in [-0.1, -0.05) is 0 Å². The molecule has 126 valence electrons. The molecule has 0 radical (unpaired) electrons. The Morgan fingerprint density at radius 2 is 1.12 bits per heavy atom. The van der Waals surface area contributed by atoms with Gasteiger partial charge in [0, 0.05) is 35.4 Å². The third kappa shape index (κ3) is 3.55. The second kappa shape index (κ2) is 6.57. The Balaban J connectivity index is 1.86. The lowest BCUT2D eigenvalue weighted by Crippen LogP contribution is -2.35. The number of rotatable bonds is 4. The number of hydrogen-bond donors (Lipinski definition) is 1. The van der Waals surface area contributed by atoms with E-state index in [1.54, 1.807) is 0 Å². The maximum atomic E-state index is 11.9. The molecule has 1 aliphatic rings. The number of nitro benzene ring substituents is 2. The minimum atomic E-state index is -1.88. The predicted octanol–water partition coefficient (Wildman–Crippen LogP) is 1.88. The van der Waals surface area contributed by atoms with Crippen LogP contribution in [0.4, 0.5) is 11.4 Å². The lowest BCUT2D eigenvalue weighted by atomic mass is 10.1. The van der Waals surface area contributed by atoms with E-state index in [1.165, 1.54) is 48.5 Å². The molecule has 2 aromatic rings. The molecule has 0 unspecified atom stereocenters. The Kier molecular flexibility index (Phi) is 4.31. The summed E-state index contributed by atoms with van der Waals surface area (Å²) in [7, 11) is 0. The van der Waals surface area contributed by atoms with E-state index >= 15 is 0 Å². The number of nitro groups is 2. The molecule has 0 saturated heterocycles. The molecule has 10 nitrogen and oxygen atoms in total. The molecular formula is C14H9N5O5S. The average molecular weight is 359 g/mol. The molecule has 0 bridgehead atoms. The lowest BCUT2D eigenvalue weighted by molar-refractivity contribution is -0.385. The number of benzene rings is 2. The molecule has 2 aromatic carbocycles. The summed E-state index contributed by atoms with van der Waals surface area (Å²) in [6.45, 7) is 0. The minimum Gasteiger partial charge on any atom is -0.323 e. The van der Waals surface area contributed by atoms with Gasteiger partial charge in [-0.15, -0.1) is 8.80 Å². The summed E-state index contributed by atoms with van der Waals surface area (Å²) in [5.41, 5.74) is 0.831. The molecule has 0 spiro atoms. The number of nitrogens with one attached hydrogen (secondary N) is 1. The smallest absolute Gasteiger partial charge is 0.269 e. The van der Waals surface area contributed by atoms with Crippen LogP contribution in [-0.2, 0) is 11.2 Å². The van der Waals surface area contributed by atoms with Crippen molar-refractivity contribution in [2.45, 2.75) is 0 Å². The third-order valence-corrected chi connectivity index (χ3v) is 3.96. The molecule has 3 rings (SSSR count). The van der Waals surface area contributed by atoms with E-state index in [2.05, 4.69) is 14.1 Å². The van der Waals surface area contributed by atoms with E-state index in [-0.39, 0.29) is 23.0 Å². The maximum absolute atomic E-state index is 11.9. The Hall–Kier alpha value is -3.47. The van der Waals surface area contributed by atoms with Crippen LogP contribution in [0.1, 0.15) is 11.1 Å². The molecule has 1 heterocycles. The van der Waals surface area contributed by atoms with Crippen LogP contribution in [0.25, 0.3) is 0 Å². The van der Waals surface area contributed by atoms with Crippen molar-refractivity contribution in [1.29, 1.82) is 0 Å². The highest BCUT2D eigenvalue weighted by atomic mass is 32.2. The van der Waals surface area contributed by atoms with E-state index < -0.39 is 21.0 Å². The zero-order valence-electron chi connectivity index (χ0n) is 12.4. The summed E-state index contributed by atoms with van der Waals surface area (Å²) in [5.74, 6) is 0.466. The van der Waals surface area contributed by atoms with Crippen LogP contribution in [0, 0.1) is 20.2 Å². The van der Waals surface area contributed by atoms with Crippen molar-refractivity contribution in [2.24, 2.45) is 8.80 Å².